The molecule has 1 aliphatic carbocycles. The fourth-order valence-electron chi connectivity index (χ4n) is 4.76. The van der Waals surface area contributed by atoms with Gasteiger partial charge in [0.1, 0.15) is 0 Å². The third-order valence-corrected chi connectivity index (χ3v) is 8.62. The van der Waals surface area contributed by atoms with E-state index in [1.807, 2.05) is 4.90 Å². The van der Waals surface area contributed by atoms with Crippen LogP contribution < -0.4 is 0 Å². The van der Waals surface area contributed by atoms with Gasteiger partial charge in [-0.15, -0.1) is 0 Å². The number of hydrogen-bond donors (Lipinski definition) is 0. The number of fused-ring (bicyclic) bond motifs is 1. The van der Waals surface area contributed by atoms with Gasteiger partial charge in [0, 0.05) is 38.7 Å². The standard InChI is InChI=1S/C17H30N2O4S/c1-16(2)14(17(16,3)4)15(20)19-7-6-18(8-9-23-5)12-10-24(21,22)11-13(12)19/h12-14H,6-11H2,1-5H3/t12-,13+/m0/s1. The van der Waals surface area contributed by atoms with Crippen molar-refractivity contribution in [2.24, 2.45) is 16.7 Å². The van der Waals surface area contributed by atoms with E-state index in [9.17, 15) is 13.2 Å². The number of methoxy groups -OCH3 is 1. The zero-order valence-corrected chi connectivity index (χ0v) is 16.2. The molecular weight excluding hydrogens is 328 g/mol. The molecule has 0 unspecified atom stereocenters. The number of hydrogen-bond acceptors (Lipinski definition) is 5. The maximum atomic E-state index is 13.2. The van der Waals surface area contributed by atoms with Crippen LogP contribution in [0.1, 0.15) is 27.7 Å². The molecule has 7 heteroatoms. The van der Waals surface area contributed by atoms with E-state index in [0.29, 0.717) is 13.2 Å². The van der Waals surface area contributed by atoms with Crippen LogP contribution in [0.5, 0.6) is 0 Å². The molecule has 2 saturated heterocycles. The molecule has 3 fully saturated rings. The Balaban J connectivity index is 1.80. The molecule has 0 aromatic rings. The van der Waals surface area contributed by atoms with Gasteiger partial charge in [0.15, 0.2) is 9.84 Å². The summed E-state index contributed by atoms with van der Waals surface area (Å²) in [5, 5.41) is 0. The van der Waals surface area contributed by atoms with E-state index in [4.69, 9.17) is 4.74 Å². The average Bonchev–Trinajstić information content (AvgIpc) is 2.73. The first kappa shape index (κ1) is 18.1. The van der Waals surface area contributed by atoms with Crippen LogP contribution in [0.25, 0.3) is 0 Å². The van der Waals surface area contributed by atoms with E-state index in [1.54, 1.807) is 7.11 Å². The topological polar surface area (TPSA) is 66.9 Å². The molecule has 6 nitrogen and oxygen atoms in total. The molecule has 24 heavy (non-hydrogen) atoms. The lowest BCUT2D eigenvalue weighted by atomic mass is 10.0. The summed E-state index contributed by atoms with van der Waals surface area (Å²) in [7, 11) is -1.44. The van der Waals surface area contributed by atoms with Gasteiger partial charge in [-0.25, -0.2) is 8.42 Å². The summed E-state index contributed by atoms with van der Waals surface area (Å²) >= 11 is 0. The second kappa shape index (κ2) is 5.68. The van der Waals surface area contributed by atoms with Crippen LogP contribution in [0.15, 0.2) is 0 Å². The molecule has 2 aliphatic heterocycles. The Morgan fingerprint density at radius 3 is 2.21 bits per heavy atom. The highest BCUT2D eigenvalue weighted by molar-refractivity contribution is 7.91. The number of piperazine rings is 1. The van der Waals surface area contributed by atoms with E-state index in [1.165, 1.54) is 0 Å². The second-order valence-corrected chi connectivity index (χ2v) is 10.8. The average molecular weight is 359 g/mol. The Hall–Kier alpha value is -0.660. The Bertz CT molecular complexity index is 615. The van der Waals surface area contributed by atoms with Crippen LogP contribution in [0, 0.1) is 16.7 Å². The van der Waals surface area contributed by atoms with Gasteiger partial charge >= 0.3 is 0 Å². The van der Waals surface area contributed by atoms with Crippen molar-refractivity contribution in [2.75, 3.05) is 44.9 Å². The molecular formula is C17H30N2O4S. The maximum absolute atomic E-state index is 13.2. The fourth-order valence-corrected chi connectivity index (χ4v) is 6.78. The molecule has 1 amide bonds. The summed E-state index contributed by atoms with van der Waals surface area (Å²) < 4.78 is 29.6. The number of nitrogens with zero attached hydrogens (tertiary/aromatic N) is 2. The van der Waals surface area contributed by atoms with Gasteiger partial charge in [0.2, 0.25) is 5.91 Å². The molecule has 3 rings (SSSR count). The van der Waals surface area contributed by atoms with Crippen molar-refractivity contribution in [2.45, 2.75) is 39.8 Å². The molecule has 0 aromatic heterocycles. The van der Waals surface area contributed by atoms with Gasteiger partial charge in [0.25, 0.3) is 0 Å². The van der Waals surface area contributed by atoms with Gasteiger partial charge in [-0.1, -0.05) is 27.7 Å². The number of sulfone groups is 1. The molecule has 0 N–H and O–H groups in total. The van der Waals surface area contributed by atoms with Crippen molar-refractivity contribution >= 4 is 15.7 Å². The lowest BCUT2D eigenvalue weighted by Gasteiger charge is -2.44. The zero-order chi connectivity index (χ0) is 17.9. The number of ether oxygens (including phenoxy) is 1. The minimum Gasteiger partial charge on any atom is -0.383 e. The first-order chi connectivity index (χ1) is 11.0. The van der Waals surface area contributed by atoms with Crippen molar-refractivity contribution in [3.63, 3.8) is 0 Å². The van der Waals surface area contributed by atoms with Crippen LogP contribution in [-0.2, 0) is 19.4 Å². The van der Waals surface area contributed by atoms with E-state index < -0.39 is 9.84 Å². The minimum atomic E-state index is -3.09. The van der Waals surface area contributed by atoms with Crippen LogP contribution >= 0.6 is 0 Å². The fraction of sp³-hybridized carbons (Fsp3) is 0.941. The van der Waals surface area contributed by atoms with Crippen LogP contribution in [-0.4, -0.2) is 81.1 Å². The number of amides is 1. The van der Waals surface area contributed by atoms with Gasteiger partial charge in [-0.05, 0) is 10.8 Å². The summed E-state index contributed by atoms with van der Waals surface area (Å²) in [6.07, 6.45) is 0. The molecule has 138 valence electrons. The lowest BCUT2D eigenvalue weighted by Crippen LogP contribution is -2.61. The van der Waals surface area contributed by atoms with Crippen molar-refractivity contribution < 1.29 is 17.9 Å². The second-order valence-electron chi connectivity index (χ2n) is 8.65. The smallest absolute Gasteiger partial charge is 0.227 e. The Labute approximate surface area is 145 Å². The largest absolute Gasteiger partial charge is 0.383 e. The maximum Gasteiger partial charge on any atom is 0.227 e. The number of carbonyl (C=O) groups is 1. The molecule has 2 atom stereocenters. The van der Waals surface area contributed by atoms with Crippen LogP contribution in [0.2, 0.25) is 0 Å². The highest BCUT2D eigenvalue weighted by Gasteiger charge is 2.69. The third kappa shape index (κ3) is 2.69. The Morgan fingerprint density at radius 1 is 1.08 bits per heavy atom. The first-order valence-corrected chi connectivity index (χ1v) is 10.6. The molecule has 3 aliphatic rings. The van der Waals surface area contributed by atoms with Crippen LogP contribution in [0.4, 0.5) is 0 Å². The highest BCUT2D eigenvalue weighted by Crippen LogP contribution is 2.69. The molecule has 0 aromatic carbocycles. The summed E-state index contributed by atoms with van der Waals surface area (Å²) in [4.78, 5) is 17.2. The SMILES string of the molecule is COCCN1CCN(C(=O)C2C(C)(C)C2(C)C)[C@@H]2CS(=O)(=O)C[C@@H]21. The quantitative estimate of drug-likeness (QED) is 0.737. The van der Waals surface area contributed by atoms with E-state index in [-0.39, 0.29) is 46.2 Å². The van der Waals surface area contributed by atoms with Crippen molar-refractivity contribution in [3.8, 4) is 0 Å². The molecule has 0 bridgehead atoms. The summed E-state index contributed by atoms with van der Waals surface area (Å²) in [5.74, 6) is 0.381. The summed E-state index contributed by atoms with van der Waals surface area (Å²) in [6.45, 7) is 11.2. The first-order valence-electron chi connectivity index (χ1n) is 8.77. The normalized spacial score (nSPS) is 34.1. The monoisotopic (exact) mass is 358 g/mol. The lowest BCUT2D eigenvalue weighted by molar-refractivity contribution is -0.139. The van der Waals surface area contributed by atoms with Crippen molar-refractivity contribution in [3.05, 3.63) is 0 Å². The van der Waals surface area contributed by atoms with Gasteiger partial charge < -0.3 is 9.64 Å². The highest BCUT2D eigenvalue weighted by atomic mass is 32.2. The molecule has 0 radical (unpaired) electrons. The number of rotatable bonds is 4. The van der Waals surface area contributed by atoms with E-state index >= 15 is 0 Å². The van der Waals surface area contributed by atoms with Crippen LogP contribution in [0.3, 0.4) is 0 Å². The predicted octanol–water partition coefficient (Wildman–Crippen LogP) is 0.625. The molecule has 2 heterocycles. The molecule has 1 saturated carbocycles. The predicted molar refractivity (Wildman–Crippen MR) is 92.4 cm³/mol. The summed E-state index contributed by atoms with van der Waals surface area (Å²) in [6, 6.07) is -0.298. The summed E-state index contributed by atoms with van der Waals surface area (Å²) in [5.41, 5.74) is -0.0471. The van der Waals surface area contributed by atoms with Gasteiger partial charge in [-0.2, -0.15) is 0 Å². The Morgan fingerprint density at radius 2 is 1.67 bits per heavy atom. The van der Waals surface area contributed by atoms with Crippen molar-refractivity contribution in [1.29, 1.82) is 0 Å². The van der Waals surface area contributed by atoms with Crippen molar-refractivity contribution in [1.82, 2.24) is 9.80 Å². The third-order valence-electron chi connectivity index (χ3n) is 6.92. The minimum absolute atomic E-state index is 0.0144. The molecule has 0 spiro atoms. The van der Waals surface area contributed by atoms with E-state index in [0.717, 1.165) is 13.1 Å². The van der Waals surface area contributed by atoms with Gasteiger partial charge in [0.05, 0.1) is 24.2 Å². The van der Waals surface area contributed by atoms with Gasteiger partial charge in [-0.3, -0.25) is 9.69 Å². The zero-order valence-electron chi connectivity index (χ0n) is 15.4. The number of carbonyl (C=O) groups excluding carboxylic acids is 1. The van der Waals surface area contributed by atoms with E-state index in [2.05, 4.69) is 32.6 Å². The Kier molecular flexibility index (Phi) is 4.29.